The van der Waals surface area contributed by atoms with Crippen LogP contribution in [-0.4, -0.2) is 71.3 Å². The zero-order valence-electron chi connectivity index (χ0n) is 19.5. The van der Waals surface area contributed by atoms with E-state index >= 15 is 4.39 Å². The normalized spacial score (nSPS) is 22.1. The molecular formula is C25H29FN6OS. The van der Waals surface area contributed by atoms with Gasteiger partial charge in [0.25, 0.3) is 0 Å². The fourth-order valence-corrected chi connectivity index (χ4v) is 6.42. The van der Waals surface area contributed by atoms with Gasteiger partial charge in [0.1, 0.15) is 5.82 Å². The van der Waals surface area contributed by atoms with Gasteiger partial charge in [-0.1, -0.05) is 0 Å². The van der Waals surface area contributed by atoms with Crippen LogP contribution in [0.15, 0.2) is 30.5 Å². The van der Waals surface area contributed by atoms with Crippen LogP contribution in [0.3, 0.4) is 0 Å². The average Bonchev–Trinajstić information content (AvgIpc) is 3.44. The third-order valence-corrected chi connectivity index (χ3v) is 7.74. The Morgan fingerprint density at radius 1 is 1.12 bits per heavy atom. The molecule has 4 aromatic rings. The van der Waals surface area contributed by atoms with Crippen molar-refractivity contribution in [1.29, 1.82) is 0 Å². The third-order valence-electron chi connectivity index (χ3n) is 6.64. The summed E-state index contributed by atoms with van der Waals surface area (Å²) in [4.78, 5) is 19.0. The molecule has 0 bridgehead atoms. The number of rotatable bonds is 4. The molecule has 0 radical (unpaired) electrons. The van der Waals surface area contributed by atoms with Crippen molar-refractivity contribution in [3.8, 4) is 11.4 Å². The Hall–Kier alpha value is -2.59. The van der Waals surface area contributed by atoms with Crippen molar-refractivity contribution in [1.82, 2.24) is 25.2 Å². The van der Waals surface area contributed by atoms with Gasteiger partial charge in [-0.05, 0) is 38.1 Å². The van der Waals surface area contributed by atoms with E-state index in [1.54, 1.807) is 17.4 Å². The van der Waals surface area contributed by atoms with E-state index in [1.807, 2.05) is 12.3 Å². The summed E-state index contributed by atoms with van der Waals surface area (Å²) in [7, 11) is 0. The lowest BCUT2D eigenvalue weighted by molar-refractivity contribution is 0.122. The topological polar surface area (TPSA) is 69.3 Å². The number of halogens is 1. The lowest BCUT2D eigenvalue weighted by atomic mass is 10.1. The number of morpholine rings is 1. The molecule has 34 heavy (non-hydrogen) atoms. The Labute approximate surface area is 201 Å². The van der Waals surface area contributed by atoms with Crippen molar-refractivity contribution in [2.24, 2.45) is 0 Å². The van der Waals surface area contributed by atoms with Crippen LogP contribution in [0, 0.1) is 5.82 Å². The summed E-state index contributed by atoms with van der Waals surface area (Å²) < 4.78 is 21.8. The van der Waals surface area contributed by atoms with Gasteiger partial charge in [-0.2, -0.15) is 0 Å². The summed E-state index contributed by atoms with van der Waals surface area (Å²) in [5.74, 6) is 1.01. The molecule has 2 aliphatic heterocycles. The highest BCUT2D eigenvalue weighted by molar-refractivity contribution is 7.19. The van der Waals surface area contributed by atoms with Crippen LogP contribution in [0.25, 0.3) is 32.5 Å². The van der Waals surface area contributed by atoms with E-state index in [9.17, 15) is 0 Å². The number of piperazine rings is 1. The first kappa shape index (κ1) is 21.9. The molecule has 0 aliphatic carbocycles. The van der Waals surface area contributed by atoms with Crippen LogP contribution >= 0.6 is 11.3 Å². The molecule has 2 N–H and O–H groups in total. The number of hydrogen-bond acceptors (Lipinski definition) is 7. The zero-order chi connectivity index (χ0) is 23.2. The van der Waals surface area contributed by atoms with Gasteiger partial charge in [-0.25, -0.2) is 14.4 Å². The number of benzene rings is 1. The van der Waals surface area contributed by atoms with Crippen molar-refractivity contribution in [2.45, 2.75) is 32.5 Å². The fourth-order valence-electron chi connectivity index (χ4n) is 5.27. The summed E-state index contributed by atoms with van der Waals surface area (Å²) in [6, 6.07) is 8.25. The quantitative estimate of drug-likeness (QED) is 0.460. The first-order chi connectivity index (χ1) is 16.5. The molecular weight excluding hydrogens is 451 g/mol. The highest BCUT2D eigenvalue weighted by atomic mass is 32.1. The molecule has 9 heteroatoms. The number of aromatic nitrogens is 3. The second-order valence-electron chi connectivity index (χ2n) is 9.42. The van der Waals surface area contributed by atoms with Crippen LogP contribution in [0.4, 0.5) is 10.2 Å². The lowest BCUT2D eigenvalue weighted by Crippen LogP contribution is -2.53. The SMILES string of the molecule is CC1CN(Cc2cc3nc(-c4c(F)ccc5[nH]ccc45)nc(N4CCOCC4)c3s2)CC(C)N1. The van der Waals surface area contributed by atoms with E-state index in [0.717, 1.165) is 59.7 Å². The standard InChI is InChI=1S/C25H29FN6OS/c1-15-12-31(13-16(2)28-15)14-17-11-21-23(34-17)25(32-7-9-33-10-8-32)30-24(29-21)22-18-5-6-27-20(18)4-3-19(22)26/h3-6,11,15-16,27-28H,7-10,12-14H2,1-2H3. The number of aromatic amines is 1. The van der Waals surface area contributed by atoms with Gasteiger partial charge in [0.05, 0.1) is 29.0 Å². The highest BCUT2D eigenvalue weighted by Crippen LogP contribution is 2.37. The van der Waals surface area contributed by atoms with Gasteiger partial charge in [-0.15, -0.1) is 11.3 Å². The van der Waals surface area contributed by atoms with Gasteiger partial charge >= 0.3 is 0 Å². The van der Waals surface area contributed by atoms with Crippen LogP contribution in [0.1, 0.15) is 18.7 Å². The van der Waals surface area contributed by atoms with Crippen molar-refractivity contribution < 1.29 is 9.13 Å². The van der Waals surface area contributed by atoms with Gasteiger partial charge < -0.3 is 19.9 Å². The highest BCUT2D eigenvalue weighted by Gasteiger charge is 2.25. The third kappa shape index (κ3) is 4.07. The molecule has 0 spiro atoms. The number of ether oxygens (including phenoxy) is 1. The Morgan fingerprint density at radius 2 is 1.91 bits per heavy atom. The van der Waals surface area contributed by atoms with E-state index in [0.29, 0.717) is 36.7 Å². The number of anilines is 1. The maximum atomic E-state index is 15.1. The largest absolute Gasteiger partial charge is 0.378 e. The maximum absolute atomic E-state index is 15.1. The Kier molecular flexibility index (Phi) is 5.73. The summed E-state index contributed by atoms with van der Waals surface area (Å²) in [6.45, 7) is 10.3. The second-order valence-corrected chi connectivity index (χ2v) is 10.6. The lowest BCUT2D eigenvalue weighted by Gasteiger charge is -2.35. The van der Waals surface area contributed by atoms with Gasteiger partial charge in [0.15, 0.2) is 11.6 Å². The molecule has 0 amide bonds. The number of nitrogens with one attached hydrogen (secondary N) is 2. The van der Waals surface area contributed by atoms with E-state index in [1.165, 1.54) is 10.9 Å². The van der Waals surface area contributed by atoms with Crippen molar-refractivity contribution in [3.63, 3.8) is 0 Å². The Morgan fingerprint density at radius 3 is 2.71 bits per heavy atom. The van der Waals surface area contributed by atoms with Gasteiger partial charge in [0.2, 0.25) is 0 Å². The molecule has 2 fully saturated rings. The predicted octanol–water partition coefficient (Wildman–Crippen LogP) is 4.00. The minimum atomic E-state index is -0.307. The van der Waals surface area contributed by atoms with Crippen molar-refractivity contribution >= 4 is 38.3 Å². The van der Waals surface area contributed by atoms with E-state index in [4.69, 9.17) is 14.7 Å². The number of H-pyrrole nitrogens is 1. The van der Waals surface area contributed by atoms with E-state index in [-0.39, 0.29) is 5.82 Å². The van der Waals surface area contributed by atoms with E-state index < -0.39 is 0 Å². The number of thiophene rings is 1. The summed E-state index contributed by atoms with van der Waals surface area (Å²) in [5.41, 5.74) is 2.21. The predicted molar refractivity (Wildman–Crippen MR) is 135 cm³/mol. The van der Waals surface area contributed by atoms with Gasteiger partial charge in [-0.3, -0.25) is 4.90 Å². The first-order valence-electron chi connectivity index (χ1n) is 11.9. The fraction of sp³-hybridized carbons (Fsp3) is 0.440. The molecule has 2 aliphatic rings. The van der Waals surface area contributed by atoms with Crippen molar-refractivity contribution in [3.05, 3.63) is 41.2 Å². The molecule has 178 valence electrons. The van der Waals surface area contributed by atoms with Crippen molar-refractivity contribution in [2.75, 3.05) is 44.3 Å². The first-order valence-corrected chi connectivity index (χ1v) is 12.7. The Bertz CT molecular complexity index is 1320. The molecule has 1 aromatic carbocycles. The summed E-state index contributed by atoms with van der Waals surface area (Å²) in [5, 5.41) is 4.40. The molecule has 5 heterocycles. The van der Waals surface area contributed by atoms with Crippen LogP contribution in [-0.2, 0) is 11.3 Å². The molecule has 2 atom stereocenters. The van der Waals surface area contributed by atoms with Crippen LogP contribution in [0.2, 0.25) is 0 Å². The Balaban J connectivity index is 1.45. The summed E-state index contributed by atoms with van der Waals surface area (Å²) in [6.07, 6.45) is 1.83. The molecule has 7 nitrogen and oxygen atoms in total. The molecule has 2 unspecified atom stereocenters. The number of nitrogens with zero attached hydrogens (tertiary/aromatic N) is 4. The minimum absolute atomic E-state index is 0.307. The molecule has 3 aromatic heterocycles. The molecule has 2 saturated heterocycles. The molecule has 0 saturated carbocycles. The second kappa shape index (κ2) is 8.88. The van der Waals surface area contributed by atoms with E-state index in [2.05, 4.69) is 40.0 Å². The molecule has 6 rings (SSSR count). The number of hydrogen-bond donors (Lipinski definition) is 2. The minimum Gasteiger partial charge on any atom is -0.378 e. The number of fused-ring (bicyclic) bond motifs is 2. The van der Waals surface area contributed by atoms with Crippen LogP contribution < -0.4 is 10.2 Å². The van der Waals surface area contributed by atoms with Gasteiger partial charge in [0, 0.05) is 66.8 Å². The average molecular weight is 481 g/mol. The zero-order valence-corrected chi connectivity index (χ0v) is 20.3. The monoisotopic (exact) mass is 480 g/mol. The smallest absolute Gasteiger partial charge is 0.165 e. The summed E-state index contributed by atoms with van der Waals surface area (Å²) >= 11 is 1.76. The van der Waals surface area contributed by atoms with Crippen LogP contribution in [0.5, 0.6) is 0 Å². The maximum Gasteiger partial charge on any atom is 0.165 e.